The lowest BCUT2D eigenvalue weighted by Gasteiger charge is -2.32. The minimum atomic E-state index is -0.933. The average molecular weight is 259 g/mol. The Morgan fingerprint density at radius 2 is 2.00 bits per heavy atom. The molecule has 104 valence electrons. The number of likely N-dealkylation sites (tertiary alicyclic amines) is 1. The SMILES string of the molecule is CCOCCOCC(=O)N1CCCC[C@@H]1C(=O)O. The summed E-state index contributed by atoms with van der Waals surface area (Å²) in [5, 5.41) is 9.04. The third kappa shape index (κ3) is 4.62. The molecule has 1 saturated heterocycles. The van der Waals surface area contributed by atoms with E-state index >= 15 is 0 Å². The van der Waals surface area contributed by atoms with E-state index in [1.807, 2.05) is 6.92 Å². The summed E-state index contributed by atoms with van der Waals surface area (Å²) in [6, 6.07) is -0.693. The second-order valence-corrected chi connectivity index (χ2v) is 4.19. The predicted octanol–water partition coefficient (Wildman–Crippen LogP) is 0.505. The van der Waals surface area contributed by atoms with Crippen molar-refractivity contribution in [2.75, 3.05) is 33.0 Å². The van der Waals surface area contributed by atoms with Gasteiger partial charge in [0.05, 0.1) is 13.2 Å². The fourth-order valence-electron chi connectivity index (χ4n) is 1.99. The topological polar surface area (TPSA) is 76.1 Å². The lowest BCUT2D eigenvalue weighted by Crippen LogP contribution is -2.49. The molecule has 1 atom stereocenters. The van der Waals surface area contributed by atoms with Gasteiger partial charge < -0.3 is 19.5 Å². The number of nitrogens with zero attached hydrogens (tertiary/aromatic N) is 1. The van der Waals surface area contributed by atoms with Crippen molar-refractivity contribution in [3.8, 4) is 0 Å². The summed E-state index contributed by atoms with van der Waals surface area (Å²) in [4.78, 5) is 24.3. The molecule has 0 radical (unpaired) electrons. The molecular weight excluding hydrogens is 238 g/mol. The second kappa shape index (κ2) is 8.05. The normalized spacial score (nSPS) is 19.8. The van der Waals surface area contributed by atoms with Crippen molar-refractivity contribution in [2.24, 2.45) is 0 Å². The number of carbonyl (C=O) groups is 2. The highest BCUT2D eigenvalue weighted by molar-refractivity contribution is 5.84. The summed E-state index contributed by atoms with van der Waals surface area (Å²) in [5.41, 5.74) is 0. The first-order valence-corrected chi connectivity index (χ1v) is 6.34. The van der Waals surface area contributed by atoms with Crippen molar-refractivity contribution >= 4 is 11.9 Å². The van der Waals surface area contributed by atoms with Gasteiger partial charge in [0.15, 0.2) is 0 Å². The molecule has 18 heavy (non-hydrogen) atoms. The Hall–Kier alpha value is -1.14. The van der Waals surface area contributed by atoms with Gasteiger partial charge in [-0.3, -0.25) is 4.79 Å². The smallest absolute Gasteiger partial charge is 0.326 e. The van der Waals surface area contributed by atoms with E-state index < -0.39 is 12.0 Å². The van der Waals surface area contributed by atoms with Crippen molar-refractivity contribution in [3.63, 3.8) is 0 Å². The molecule has 1 aliphatic heterocycles. The third-order valence-corrected chi connectivity index (χ3v) is 2.91. The number of amides is 1. The standard InChI is InChI=1S/C12H21NO5/c1-2-17-7-8-18-9-11(14)13-6-4-3-5-10(13)12(15)16/h10H,2-9H2,1H3,(H,15,16)/t10-/m1/s1. The number of ether oxygens (including phenoxy) is 2. The molecule has 0 aromatic carbocycles. The Kier molecular flexibility index (Phi) is 6.67. The maximum atomic E-state index is 11.8. The summed E-state index contributed by atoms with van der Waals surface area (Å²) in [5.74, 6) is -1.18. The first kappa shape index (κ1) is 14.9. The zero-order chi connectivity index (χ0) is 13.4. The maximum absolute atomic E-state index is 11.8. The fraction of sp³-hybridized carbons (Fsp3) is 0.833. The minimum absolute atomic E-state index is 0.0726. The van der Waals surface area contributed by atoms with Gasteiger partial charge in [0.25, 0.3) is 0 Å². The van der Waals surface area contributed by atoms with Gasteiger partial charge in [0.1, 0.15) is 12.6 Å². The molecule has 1 fully saturated rings. The van der Waals surface area contributed by atoms with Crippen molar-refractivity contribution in [1.82, 2.24) is 4.90 Å². The molecule has 6 nitrogen and oxygen atoms in total. The largest absolute Gasteiger partial charge is 0.480 e. The molecule has 0 saturated carbocycles. The van der Waals surface area contributed by atoms with Gasteiger partial charge >= 0.3 is 5.97 Å². The van der Waals surface area contributed by atoms with Crippen LogP contribution in [-0.2, 0) is 19.1 Å². The lowest BCUT2D eigenvalue weighted by molar-refractivity contribution is -0.154. The van der Waals surface area contributed by atoms with Crippen molar-refractivity contribution in [2.45, 2.75) is 32.2 Å². The maximum Gasteiger partial charge on any atom is 0.326 e. The van der Waals surface area contributed by atoms with Crippen molar-refractivity contribution in [1.29, 1.82) is 0 Å². The Morgan fingerprint density at radius 1 is 1.28 bits per heavy atom. The van der Waals surface area contributed by atoms with Gasteiger partial charge in [-0.1, -0.05) is 0 Å². The third-order valence-electron chi connectivity index (χ3n) is 2.91. The molecule has 1 N–H and O–H groups in total. The Labute approximate surface area is 107 Å². The molecule has 0 unspecified atom stereocenters. The zero-order valence-corrected chi connectivity index (χ0v) is 10.8. The van der Waals surface area contributed by atoms with Crippen LogP contribution in [0.3, 0.4) is 0 Å². The molecule has 0 spiro atoms. The van der Waals surface area contributed by atoms with Crippen molar-refractivity contribution in [3.05, 3.63) is 0 Å². The highest BCUT2D eigenvalue weighted by atomic mass is 16.5. The number of carbonyl (C=O) groups excluding carboxylic acids is 1. The van der Waals surface area contributed by atoms with Gasteiger partial charge in [-0.25, -0.2) is 4.79 Å². The number of carboxylic acids is 1. The van der Waals surface area contributed by atoms with E-state index in [0.29, 0.717) is 32.8 Å². The monoisotopic (exact) mass is 259 g/mol. The lowest BCUT2D eigenvalue weighted by atomic mass is 10.0. The number of piperidine rings is 1. The van der Waals surface area contributed by atoms with Crippen LogP contribution in [0.2, 0.25) is 0 Å². The van der Waals surface area contributed by atoms with Crippen LogP contribution in [0, 0.1) is 0 Å². The number of rotatable bonds is 7. The van der Waals surface area contributed by atoms with Crippen LogP contribution < -0.4 is 0 Å². The highest BCUT2D eigenvalue weighted by Crippen LogP contribution is 2.17. The van der Waals surface area contributed by atoms with Gasteiger partial charge in [0, 0.05) is 13.2 Å². The average Bonchev–Trinajstić information content (AvgIpc) is 2.38. The summed E-state index contributed by atoms with van der Waals surface area (Å²) in [6.45, 7) is 3.74. The molecule has 6 heteroatoms. The van der Waals surface area contributed by atoms with Crippen LogP contribution in [0.25, 0.3) is 0 Å². The molecule has 1 aliphatic rings. The van der Waals surface area contributed by atoms with E-state index in [4.69, 9.17) is 14.6 Å². The minimum Gasteiger partial charge on any atom is -0.480 e. The summed E-state index contributed by atoms with van der Waals surface area (Å²) < 4.78 is 10.2. The Balaban J connectivity index is 2.32. The van der Waals surface area contributed by atoms with E-state index in [9.17, 15) is 9.59 Å². The van der Waals surface area contributed by atoms with Gasteiger partial charge in [-0.15, -0.1) is 0 Å². The summed E-state index contributed by atoms with van der Waals surface area (Å²) in [7, 11) is 0. The first-order chi connectivity index (χ1) is 8.66. The molecule has 0 aromatic rings. The van der Waals surface area contributed by atoms with Crippen LogP contribution in [-0.4, -0.2) is 60.9 Å². The fourth-order valence-corrected chi connectivity index (χ4v) is 1.99. The highest BCUT2D eigenvalue weighted by Gasteiger charge is 2.31. The van der Waals surface area contributed by atoms with E-state index in [1.54, 1.807) is 0 Å². The van der Waals surface area contributed by atoms with Crippen LogP contribution in [0.4, 0.5) is 0 Å². The van der Waals surface area contributed by atoms with E-state index in [0.717, 1.165) is 12.8 Å². The molecule has 1 heterocycles. The molecule has 1 amide bonds. The number of hydrogen-bond acceptors (Lipinski definition) is 4. The van der Waals surface area contributed by atoms with Gasteiger partial charge in [0.2, 0.25) is 5.91 Å². The first-order valence-electron chi connectivity index (χ1n) is 6.34. The summed E-state index contributed by atoms with van der Waals surface area (Å²) >= 11 is 0. The van der Waals surface area contributed by atoms with Gasteiger partial charge in [-0.2, -0.15) is 0 Å². The molecule has 0 bridgehead atoms. The van der Waals surface area contributed by atoms with E-state index in [1.165, 1.54) is 4.90 Å². The number of hydrogen-bond donors (Lipinski definition) is 1. The number of carboxylic acid groups (broad SMARTS) is 1. The molecule has 0 aliphatic carbocycles. The van der Waals surface area contributed by atoms with Gasteiger partial charge in [-0.05, 0) is 26.2 Å². The van der Waals surface area contributed by atoms with Crippen LogP contribution >= 0.6 is 0 Å². The second-order valence-electron chi connectivity index (χ2n) is 4.19. The van der Waals surface area contributed by atoms with Crippen molar-refractivity contribution < 1.29 is 24.2 Å². The molecular formula is C12H21NO5. The Morgan fingerprint density at radius 3 is 2.67 bits per heavy atom. The van der Waals surface area contributed by atoms with Crippen LogP contribution in [0.15, 0.2) is 0 Å². The van der Waals surface area contributed by atoms with Crippen LogP contribution in [0.5, 0.6) is 0 Å². The number of aliphatic carboxylic acids is 1. The predicted molar refractivity (Wildman–Crippen MR) is 64.3 cm³/mol. The molecule has 1 rings (SSSR count). The summed E-state index contributed by atoms with van der Waals surface area (Å²) in [6.07, 6.45) is 2.24. The zero-order valence-electron chi connectivity index (χ0n) is 10.8. The van der Waals surface area contributed by atoms with E-state index in [-0.39, 0.29) is 12.5 Å². The van der Waals surface area contributed by atoms with Crippen LogP contribution in [0.1, 0.15) is 26.2 Å². The molecule has 0 aromatic heterocycles. The van der Waals surface area contributed by atoms with E-state index in [2.05, 4.69) is 0 Å². The Bertz CT molecular complexity index is 282. The quantitative estimate of drug-likeness (QED) is 0.674.